The number of piperazine rings is 1. The van der Waals surface area contributed by atoms with Crippen LogP contribution < -0.4 is 0 Å². The molecule has 1 aliphatic heterocycles. The zero-order valence-electron chi connectivity index (χ0n) is 17.9. The largest absolute Gasteiger partial charge is 0.337 e. The van der Waals surface area contributed by atoms with E-state index in [1.807, 2.05) is 11.8 Å². The average Bonchev–Trinajstić information content (AvgIpc) is 2.78. The quantitative estimate of drug-likeness (QED) is 0.645. The van der Waals surface area contributed by atoms with Crippen LogP contribution in [0.25, 0.3) is 0 Å². The Morgan fingerprint density at radius 2 is 1.65 bits per heavy atom. The first-order valence-corrected chi connectivity index (χ1v) is 10.8. The van der Waals surface area contributed by atoms with Crippen molar-refractivity contribution in [2.24, 2.45) is 0 Å². The Morgan fingerprint density at radius 3 is 2.29 bits per heavy atom. The van der Waals surface area contributed by atoms with Gasteiger partial charge >= 0.3 is 0 Å². The number of hydrogen-bond donors (Lipinski definition) is 0. The van der Waals surface area contributed by atoms with Gasteiger partial charge in [0, 0.05) is 52.2 Å². The lowest BCUT2D eigenvalue weighted by atomic mass is 10.1. The van der Waals surface area contributed by atoms with Crippen LogP contribution in [0, 0.1) is 11.6 Å². The van der Waals surface area contributed by atoms with Crippen molar-refractivity contribution >= 4 is 11.8 Å². The first-order valence-electron chi connectivity index (χ1n) is 10.8. The average molecular weight is 430 g/mol. The third-order valence-electron chi connectivity index (χ3n) is 5.55. The van der Waals surface area contributed by atoms with Gasteiger partial charge in [0.05, 0.1) is 5.56 Å². The number of carbonyl (C=O) groups is 2. The summed E-state index contributed by atoms with van der Waals surface area (Å²) in [6, 6.07) is 12.3. The Bertz CT molecular complexity index is 881. The maximum atomic E-state index is 13.9. The minimum atomic E-state index is -0.499. The first kappa shape index (κ1) is 22.9. The van der Waals surface area contributed by atoms with Gasteiger partial charge in [0.15, 0.2) is 0 Å². The van der Waals surface area contributed by atoms with E-state index in [-0.39, 0.29) is 23.2 Å². The second-order valence-electron chi connectivity index (χ2n) is 7.81. The molecule has 0 spiro atoms. The fraction of sp³-hybridized carbons (Fsp3) is 0.417. The van der Waals surface area contributed by atoms with E-state index in [0.717, 1.165) is 12.0 Å². The van der Waals surface area contributed by atoms with E-state index in [4.69, 9.17) is 0 Å². The van der Waals surface area contributed by atoms with Crippen LogP contribution in [0.4, 0.5) is 8.78 Å². The van der Waals surface area contributed by atoms with Gasteiger partial charge in [-0.05, 0) is 36.2 Å². The summed E-state index contributed by atoms with van der Waals surface area (Å²) in [5.41, 5.74) is 0.998. The van der Waals surface area contributed by atoms with Crippen molar-refractivity contribution in [1.29, 1.82) is 0 Å². The van der Waals surface area contributed by atoms with Crippen molar-refractivity contribution in [1.82, 2.24) is 14.7 Å². The van der Waals surface area contributed by atoms with Gasteiger partial charge in [-0.3, -0.25) is 14.5 Å². The molecule has 0 N–H and O–H groups in total. The zero-order valence-corrected chi connectivity index (χ0v) is 17.9. The SMILES string of the molecule is CCCC(=O)N(CCN1CCN(C(=O)c2ccccc2F)CC1)Cc1ccc(F)cc1. The monoisotopic (exact) mass is 429 g/mol. The van der Waals surface area contributed by atoms with E-state index in [0.29, 0.717) is 52.2 Å². The number of rotatable bonds is 8. The van der Waals surface area contributed by atoms with Gasteiger partial charge in [0.2, 0.25) is 5.91 Å². The lowest BCUT2D eigenvalue weighted by molar-refractivity contribution is -0.132. The molecule has 0 bridgehead atoms. The van der Waals surface area contributed by atoms with E-state index >= 15 is 0 Å². The van der Waals surface area contributed by atoms with Crippen LogP contribution in [0.5, 0.6) is 0 Å². The van der Waals surface area contributed by atoms with Crippen molar-refractivity contribution in [3.8, 4) is 0 Å². The van der Waals surface area contributed by atoms with Gasteiger partial charge in [-0.1, -0.05) is 31.2 Å². The molecule has 5 nitrogen and oxygen atoms in total. The van der Waals surface area contributed by atoms with Crippen molar-refractivity contribution in [2.75, 3.05) is 39.3 Å². The summed E-state index contributed by atoms with van der Waals surface area (Å²) >= 11 is 0. The van der Waals surface area contributed by atoms with Crippen LogP contribution in [0.2, 0.25) is 0 Å². The maximum absolute atomic E-state index is 13.9. The zero-order chi connectivity index (χ0) is 22.2. The van der Waals surface area contributed by atoms with Gasteiger partial charge in [-0.2, -0.15) is 0 Å². The maximum Gasteiger partial charge on any atom is 0.256 e. The molecule has 0 unspecified atom stereocenters. The molecule has 1 aliphatic rings. The van der Waals surface area contributed by atoms with Gasteiger partial charge in [0.1, 0.15) is 11.6 Å². The van der Waals surface area contributed by atoms with Crippen molar-refractivity contribution in [2.45, 2.75) is 26.3 Å². The Labute approximate surface area is 182 Å². The van der Waals surface area contributed by atoms with Gasteiger partial charge in [-0.25, -0.2) is 8.78 Å². The first-order chi connectivity index (χ1) is 15.0. The molecular weight excluding hydrogens is 400 g/mol. The minimum Gasteiger partial charge on any atom is -0.337 e. The molecule has 3 rings (SSSR count). The Kier molecular flexibility index (Phi) is 8.12. The Balaban J connectivity index is 1.53. The normalized spacial score (nSPS) is 14.5. The second kappa shape index (κ2) is 11.0. The van der Waals surface area contributed by atoms with Crippen molar-refractivity contribution in [3.05, 3.63) is 71.3 Å². The Morgan fingerprint density at radius 1 is 0.968 bits per heavy atom. The molecule has 1 saturated heterocycles. The highest BCUT2D eigenvalue weighted by Gasteiger charge is 2.24. The van der Waals surface area contributed by atoms with Crippen LogP contribution in [-0.4, -0.2) is 65.8 Å². The number of amides is 2. The highest BCUT2D eigenvalue weighted by molar-refractivity contribution is 5.94. The minimum absolute atomic E-state index is 0.0835. The number of benzene rings is 2. The highest BCUT2D eigenvalue weighted by Crippen LogP contribution is 2.13. The fourth-order valence-corrected chi connectivity index (χ4v) is 3.72. The van der Waals surface area contributed by atoms with E-state index in [1.165, 1.54) is 24.3 Å². The summed E-state index contributed by atoms with van der Waals surface area (Å²) < 4.78 is 27.1. The van der Waals surface area contributed by atoms with Crippen molar-refractivity contribution in [3.63, 3.8) is 0 Å². The molecule has 1 fully saturated rings. The molecule has 2 amide bonds. The molecule has 0 saturated carbocycles. The van der Waals surface area contributed by atoms with Crippen LogP contribution >= 0.6 is 0 Å². The predicted octanol–water partition coefficient (Wildman–Crippen LogP) is 3.55. The summed E-state index contributed by atoms with van der Waals surface area (Å²) in [7, 11) is 0. The molecule has 2 aromatic rings. The smallest absolute Gasteiger partial charge is 0.256 e. The number of halogens is 2. The topological polar surface area (TPSA) is 43.9 Å². The second-order valence-corrected chi connectivity index (χ2v) is 7.81. The molecule has 1 heterocycles. The Hall–Kier alpha value is -2.80. The summed E-state index contributed by atoms with van der Waals surface area (Å²) in [5.74, 6) is -0.993. The van der Waals surface area contributed by atoms with Crippen LogP contribution in [0.1, 0.15) is 35.7 Å². The van der Waals surface area contributed by atoms with Crippen LogP contribution in [-0.2, 0) is 11.3 Å². The third-order valence-corrected chi connectivity index (χ3v) is 5.55. The van der Waals surface area contributed by atoms with Crippen LogP contribution in [0.3, 0.4) is 0 Å². The summed E-state index contributed by atoms with van der Waals surface area (Å²) in [6.45, 7) is 6.07. The highest BCUT2D eigenvalue weighted by atomic mass is 19.1. The van der Waals surface area contributed by atoms with E-state index < -0.39 is 5.82 Å². The van der Waals surface area contributed by atoms with E-state index in [1.54, 1.807) is 29.2 Å². The van der Waals surface area contributed by atoms with Gasteiger partial charge in [-0.15, -0.1) is 0 Å². The van der Waals surface area contributed by atoms with Gasteiger partial charge < -0.3 is 9.80 Å². The molecule has 2 aromatic carbocycles. The lowest BCUT2D eigenvalue weighted by Crippen LogP contribution is -2.50. The number of hydrogen-bond acceptors (Lipinski definition) is 3. The predicted molar refractivity (Wildman–Crippen MR) is 115 cm³/mol. The van der Waals surface area contributed by atoms with Crippen LogP contribution in [0.15, 0.2) is 48.5 Å². The molecule has 0 atom stereocenters. The third kappa shape index (κ3) is 6.34. The lowest BCUT2D eigenvalue weighted by Gasteiger charge is -2.36. The van der Waals surface area contributed by atoms with E-state index in [9.17, 15) is 18.4 Å². The molecule has 0 aliphatic carbocycles. The van der Waals surface area contributed by atoms with Gasteiger partial charge in [0.25, 0.3) is 5.91 Å². The molecule has 0 radical (unpaired) electrons. The molecule has 0 aromatic heterocycles. The molecular formula is C24H29F2N3O2. The number of carbonyl (C=O) groups excluding carboxylic acids is 2. The summed E-state index contributed by atoms with van der Waals surface area (Å²) in [6.07, 6.45) is 1.25. The molecule has 31 heavy (non-hydrogen) atoms. The standard InChI is InChI=1S/C24H29F2N3O2/c1-2-5-23(30)29(18-19-8-10-20(25)11-9-19)17-14-27-12-15-28(16-13-27)24(31)21-6-3-4-7-22(21)26/h3-4,6-11H,2,5,12-18H2,1H3. The summed E-state index contributed by atoms with van der Waals surface area (Å²) in [5, 5.41) is 0. The molecule has 166 valence electrons. The van der Waals surface area contributed by atoms with Crippen molar-refractivity contribution < 1.29 is 18.4 Å². The number of nitrogens with zero attached hydrogens (tertiary/aromatic N) is 3. The fourth-order valence-electron chi connectivity index (χ4n) is 3.72. The molecule has 7 heteroatoms. The van der Waals surface area contributed by atoms with E-state index in [2.05, 4.69) is 4.90 Å². The summed E-state index contributed by atoms with van der Waals surface area (Å²) in [4.78, 5) is 30.8.